The van der Waals surface area contributed by atoms with Crippen LogP contribution in [-0.2, 0) is 13.2 Å². The van der Waals surface area contributed by atoms with Crippen molar-refractivity contribution in [2.45, 2.75) is 64.6 Å². The SMILES string of the molecule is COc1cc(CNC(C)C23CC4CC(CC(C4)C2)C3)cc(Br)c1OCc1ccc(F)cc1Cl. The minimum Gasteiger partial charge on any atom is -0.493 e. The van der Waals surface area contributed by atoms with E-state index >= 15 is 0 Å². The summed E-state index contributed by atoms with van der Waals surface area (Å²) in [5, 5.41) is 4.21. The van der Waals surface area contributed by atoms with E-state index in [-0.39, 0.29) is 12.4 Å². The summed E-state index contributed by atoms with van der Waals surface area (Å²) in [4.78, 5) is 0. The van der Waals surface area contributed by atoms with E-state index in [0.717, 1.165) is 39.9 Å². The molecule has 178 valence electrons. The number of rotatable bonds is 8. The molecule has 4 bridgehead atoms. The number of hydrogen-bond acceptors (Lipinski definition) is 3. The molecule has 0 saturated heterocycles. The van der Waals surface area contributed by atoms with Crippen molar-refractivity contribution in [3.8, 4) is 11.5 Å². The lowest BCUT2D eigenvalue weighted by molar-refractivity contribution is -0.0706. The van der Waals surface area contributed by atoms with Crippen LogP contribution in [0.2, 0.25) is 5.02 Å². The summed E-state index contributed by atoms with van der Waals surface area (Å²) in [6, 6.07) is 8.95. The number of ether oxygens (including phenoxy) is 2. The van der Waals surface area contributed by atoms with Crippen LogP contribution in [0.1, 0.15) is 56.6 Å². The lowest BCUT2D eigenvalue weighted by Gasteiger charge is -2.59. The Balaban J connectivity index is 1.25. The topological polar surface area (TPSA) is 30.5 Å². The van der Waals surface area contributed by atoms with E-state index in [2.05, 4.69) is 34.2 Å². The zero-order valence-corrected chi connectivity index (χ0v) is 21.6. The normalized spacial score (nSPS) is 28.7. The van der Waals surface area contributed by atoms with Crippen LogP contribution in [0.15, 0.2) is 34.8 Å². The highest BCUT2D eigenvalue weighted by Gasteiger charge is 2.52. The fourth-order valence-electron chi connectivity index (χ4n) is 7.00. The Kier molecular flexibility index (Phi) is 6.67. The van der Waals surface area contributed by atoms with Crippen LogP contribution >= 0.6 is 27.5 Å². The van der Waals surface area contributed by atoms with Crippen molar-refractivity contribution in [3.63, 3.8) is 0 Å². The Morgan fingerprint density at radius 2 is 1.79 bits per heavy atom. The summed E-state index contributed by atoms with van der Waals surface area (Å²) in [5.41, 5.74) is 2.36. The maximum atomic E-state index is 13.3. The summed E-state index contributed by atoms with van der Waals surface area (Å²) in [6.45, 7) is 3.42. The van der Waals surface area contributed by atoms with Crippen LogP contribution < -0.4 is 14.8 Å². The van der Waals surface area contributed by atoms with E-state index < -0.39 is 0 Å². The molecule has 4 aliphatic rings. The molecule has 3 nitrogen and oxygen atoms in total. The van der Waals surface area contributed by atoms with Gasteiger partial charge in [0.1, 0.15) is 12.4 Å². The third kappa shape index (κ3) is 4.78. The highest BCUT2D eigenvalue weighted by atomic mass is 79.9. The van der Waals surface area contributed by atoms with E-state index in [1.807, 2.05) is 6.07 Å². The van der Waals surface area contributed by atoms with Crippen molar-refractivity contribution in [1.29, 1.82) is 0 Å². The average Bonchev–Trinajstić information content (AvgIpc) is 2.76. The second-order valence-corrected chi connectivity index (χ2v) is 11.8. The fraction of sp³-hybridized carbons (Fsp3) is 0.556. The molecule has 0 heterocycles. The van der Waals surface area contributed by atoms with Crippen molar-refractivity contribution >= 4 is 27.5 Å². The van der Waals surface area contributed by atoms with Crippen LogP contribution in [-0.4, -0.2) is 13.2 Å². The number of halogens is 3. The monoisotopic (exact) mass is 535 g/mol. The number of hydrogen-bond donors (Lipinski definition) is 1. The van der Waals surface area contributed by atoms with Gasteiger partial charge in [-0.2, -0.15) is 0 Å². The molecule has 2 aromatic rings. The Bertz CT molecular complexity index is 994. The van der Waals surface area contributed by atoms with Gasteiger partial charge in [0, 0.05) is 18.2 Å². The molecule has 1 atom stereocenters. The quantitative estimate of drug-likeness (QED) is 0.378. The Hall–Kier alpha value is -1.30. The summed E-state index contributed by atoms with van der Waals surface area (Å²) in [7, 11) is 1.65. The van der Waals surface area contributed by atoms with E-state index in [0.29, 0.717) is 28.0 Å². The number of methoxy groups -OCH3 is 1. The molecule has 6 heteroatoms. The maximum absolute atomic E-state index is 13.3. The first-order valence-electron chi connectivity index (χ1n) is 12.0. The van der Waals surface area contributed by atoms with Gasteiger partial charge in [-0.25, -0.2) is 4.39 Å². The van der Waals surface area contributed by atoms with Gasteiger partial charge in [0.2, 0.25) is 0 Å². The van der Waals surface area contributed by atoms with Crippen molar-refractivity contribution in [3.05, 3.63) is 56.8 Å². The van der Waals surface area contributed by atoms with E-state index in [4.69, 9.17) is 21.1 Å². The predicted molar refractivity (Wildman–Crippen MR) is 133 cm³/mol. The first-order valence-corrected chi connectivity index (χ1v) is 13.2. The zero-order valence-electron chi connectivity index (χ0n) is 19.3. The van der Waals surface area contributed by atoms with Crippen molar-refractivity contribution < 1.29 is 13.9 Å². The van der Waals surface area contributed by atoms with Gasteiger partial charge < -0.3 is 14.8 Å². The van der Waals surface area contributed by atoms with Gasteiger partial charge in [0.05, 0.1) is 16.6 Å². The minimum absolute atomic E-state index is 0.231. The second kappa shape index (κ2) is 9.39. The molecule has 0 radical (unpaired) electrons. The average molecular weight is 537 g/mol. The van der Waals surface area contributed by atoms with Gasteiger partial charge in [-0.3, -0.25) is 0 Å². The zero-order chi connectivity index (χ0) is 23.2. The molecule has 1 unspecified atom stereocenters. The van der Waals surface area contributed by atoms with Gasteiger partial charge >= 0.3 is 0 Å². The standard InChI is InChI=1S/C27H32BrClFNO2/c1-16(27-11-17-5-18(12-27)7-19(6-17)13-27)31-14-20-8-23(28)26(25(9-20)32-2)33-15-21-3-4-22(30)10-24(21)29/h3-4,8-10,16-19,31H,5-7,11-15H2,1-2H3. The van der Waals surface area contributed by atoms with Gasteiger partial charge in [-0.15, -0.1) is 0 Å². The van der Waals surface area contributed by atoms with Crippen molar-refractivity contribution in [2.75, 3.05) is 7.11 Å². The molecule has 0 aliphatic heterocycles. The molecule has 0 aromatic heterocycles. The first-order chi connectivity index (χ1) is 15.8. The highest BCUT2D eigenvalue weighted by Crippen LogP contribution is 2.61. The molecule has 0 spiro atoms. The Morgan fingerprint density at radius 1 is 1.12 bits per heavy atom. The molecular formula is C27H32BrClFNO2. The van der Waals surface area contributed by atoms with Gasteiger partial charge in [0.15, 0.2) is 11.5 Å². The lowest BCUT2D eigenvalue weighted by atomic mass is 9.48. The van der Waals surface area contributed by atoms with Crippen molar-refractivity contribution in [2.24, 2.45) is 23.2 Å². The summed E-state index contributed by atoms with van der Waals surface area (Å²) in [6.07, 6.45) is 8.62. The van der Waals surface area contributed by atoms with Crippen molar-refractivity contribution in [1.82, 2.24) is 5.32 Å². The number of benzene rings is 2. The van der Waals surface area contributed by atoms with E-state index in [1.54, 1.807) is 13.2 Å². The minimum atomic E-state index is -0.359. The Morgan fingerprint density at radius 3 is 2.39 bits per heavy atom. The summed E-state index contributed by atoms with van der Waals surface area (Å²) in [5.74, 6) is 3.81. The van der Waals surface area contributed by atoms with Crippen LogP contribution in [0.25, 0.3) is 0 Å². The van der Waals surface area contributed by atoms with Crippen LogP contribution in [0.3, 0.4) is 0 Å². The van der Waals surface area contributed by atoms with Gasteiger partial charge in [0.25, 0.3) is 0 Å². The predicted octanol–water partition coefficient (Wildman–Crippen LogP) is 7.52. The molecular weight excluding hydrogens is 505 g/mol. The highest BCUT2D eigenvalue weighted by molar-refractivity contribution is 9.10. The van der Waals surface area contributed by atoms with E-state index in [1.165, 1.54) is 50.7 Å². The first kappa shape index (κ1) is 23.4. The molecule has 4 fully saturated rings. The third-order valence-corrected chi connectivity index (χ3v) is 9.23. The van der Waals surface area contributed by atoms with Crippen LogP contribution in [0, 0.1) is 29.0 Å². The van der Waals surface area contributed by atoms with Crippen LogP contribution in [0.4, 0.5) is 4.39 Å². The molecule has 1 N–H and O–H groups in total. The smallest absolute Gasteiger partial charge is 0.175 e. The van der Waals surface area contributed by atoms with E-state index in [9.17, 15) is 4.39 Å². The summed E-state index contributed by atoms with van der Waals surface area (Å²) >= 11 is 9.80. The largest absolute Gasteiger partial charge is 0.493 e. The molecule has 6 rings (SSSR count). The molecule has 4 aliphatic carbocycles. The summed E-state index contributed by atoms with van der Waals surface area (Å²) < 4.78 is 25.8. The molecule has 4 saturated carbocycles. The maximum Gasteiger partial charge on any atom is 0.175 e. The van der Waals surface area contributed by atoms with Gasteiger partial charge in [-0.05, 0) is 114 Å². The Labute approximate surface area is 209 Å². The van der Waals surface area contributed by atoms with Crippen LogP contribution in [0.5, 0.6) is 11.5 Å². The van der Waals surface area contributed by atoms with Gasteiger partial charge in [-0.1, -0.05) is 17.7 Å². The molecule has 33 heavy (non-hydrogen) atoms. The fourth-order valence-corrected chi connectivity index (χ4v) is 7.83. The second-order valence-electron chi connectivity index (χ2n) is 10.5. The third-order valence-electron chi connectivity index (χ3n) is 8.29. The number of nitrogens with one attached hydrogen (secondary N) is 1. The lowest BCUT2D eigenvalue weighted by Crippen LogP contribution is -2.54. The molecule has 0 amide bonds. The molecule has 2 aromatic carbocycles.